The summed E-state index contributed by atoms with van der Waals surface area (Å²) in [6.45, 7) is 0.466. The Morgan fingerprint density at radius 2 is 2.11 bits per heavy atom. The second-order valence-corrected chi connectivity index (χ2v) is 6.25. The fraction of sp³-hybridized carbons (Fsp3) is 0.417. The topological polar surface area (TPSA) is 99.4 Å². The second kappa shape index (κ2) is 5.27. The fourth-order valence-corrected chi connectivity index (χ4v) is 2.88. The van der Waals surface area contributed by atoms with Crippen LogP contribution in [-0.4, -0.2) is 38.9 Å². The number of nitriles is 1. The molecule has 1 aromatic rings. The molecule has 102 valence electrons. The Labute approximate surface area is 111 Å². The fourth-order valence-electron chi connectivity index (χ4n) is 1.76. The summed E-state index contributed by atoms with van der Waals surface area (Å²) < 4.78 is 31.4. The molecule has 0 aromatic heterocycles. The largest absolute Gasteiger partial charge is 0.386 e. The van der Waals surface area contributed by atoms with Crippen molar-refractivity contribution < 1.29 is 18.3 Å². The molecule has 2 N–H and O–H groups in total. The Kier molecular flexibility index (Phi) is 3.87. The van der Waals surface area contributed by atoms with Gasteiger partial charge in [-0.05, 0) is 24.3 Å². The molecule has 1 atom stereocenters. The minimum Gasteiger partial charge on any atom is -0.386 e. The normalized spacial score (nSPS) is 23.2. The van der Waals surface area contributed by atoms with Gasteiger partial charge in [0.25, 0.3) is 0 Å². The van der Waals surface area contributed by atoms with E-state index in [-0.39, 0.29) is 18.0 Å². The SMILES string of the molecule is N#Cc1ccc(S(=O)(=O)NCC2(O)CCOC2)cc1. The van der Waals surface area contributed by atoms with E-state index >= 15 is 0 Å². The monoisotopic (exact) mass is 282 g/mol. The number of hydrogen-bond donors (Lipinski definition) is 2. The summed E-state index contributed by atoms with van der Waals surface area (Å²) in [5.41, 5.74) is -0.749. The number of nitrogens with zero attached hydrogens (tertiary/aromatic N) is 1. The molecular formula is C12H14N2O4S. The molecule has 19 heavy (non-hydrogen) atoms. The Hall–Kier alpha value is -1.46. The Balaban J connectivity index is 2.07. The van der Waals surface area contributed by atoms with Gasteiger partial charge in [0.1, 0.15) is 5.60 Å². The quantitative estimate of drug-likeness (QED) is 0.809. The standard InChI is InChI=1S/C12H14N2O4S/c13-7-10-1-3-11(4-2-10)19(16,17)14-8-12(15)5-6-18-9-12/h1-4,14-15H,5-6,8-9H2. The van der Waals surface area contributed by atoms with Gasteiger partial charge in [-0.3, -0.25) is 0 Å². The maximum absolute atomic E-state index is 12.0. The van der Waals surface area contributed by atoms with Crippen LogP contribution < -0.4 is 4.72 Å². The molecule has 0 amide bonds. The van der Waals surface area contributed by atoms with Crippen LogP contribution in [0.5, 0.6) is 0 Å². The minimum atomic E-state index is -3.69. The van der Waals surface area contributed by atoms with Crippen molar-refractivity contribution in [2.24, 2.45) is 0 Å². The number of sulfonamides is 1. The minimum absolute atomic E-state index is 0.0639. The summed E-state index contributed by atoms with van der Waals surface area (Å²) >= 11 is 0. The number of ether oxygens (including phenoxy) is 1. The maximum Gasteiger partial charge on any atom is 0.240 e. The van der Waals surface area contributed by atoms with E-state index < -0.39 is 15.6 Å². The first-order chi connectivity index (χ1) is 8.95. The lowest BCUT2D eigenvalue weighted by Crippen LogP contribution is -2.43. The second-order valence-electron chi connectivity index (χ2n) is 4.49. The van der Waals surface area contributed by atoms with Gasteiger partial charge in [-0.2, -0.15) is 5.26 Å². The molecule has 0 bridgehead atoms. The van der Waals surface area contributed by atoms with Crippen molar-refractivity contribution in [2.75, 3.05) is 19.8 Å². The van der Waals surface area contributed by atoms with Gasteiger partial charge in [0.05, 0.1) is 23.1 Å². The molecule has 7 heteroatoms. The van der Waals surface area contributed by atoms with E-state index in [0.717, 1.165) is 0 Å². The van der Waals surface area contributed by atoms with E-state index in [9.17, 15) is 13.5 Å². The molecule has 1 aliphatic rings. The van der Waals surface area contributed by atoms with E-state index in [1.807, 2.05) is 6.07 Å². The van der Waals surface area contributed by atoms with Crippen molar-refractivity contribution in [3.05, 3.63) is 29.8 Å². The highest BCUT2D eigenvalue weighted by Crippen LogP contribution is 2.18. The van der Waals surface area contributed by atoms with E-state index in [4.69, 9.17) is 10.00 Å². The van der Waals surface area contributed by atoms with Gasteiger partial charge in [0, 0.05) is 19.6 Å². The zero-order valence-corrected chi connectivity index (χ0v) is 11.0. The predicted octanol–water partition coefficient (Wildman–Crippen LogP) is -0.0120. The lowest BCUT2D eigenvalue weighted by molar-refractivity contribution is 0.0314. The summed E-state index contributed by atoms with van der Waals surface area (Å²) in [5.74, 6) is 0. The van der Waals surface area contributed by atoms with Crippen molar-refractivity contribution in [2.45, 2.75) is 16.9 Å². The van der Waals surface area contributed by atoms with Crippen molar-refractivity contribution >= 4 is 10.0 Å². The van der Waals surface area contributed by atoms with E-state index in [1.54, 1.807) is 0 Å². The smallest absolute Gasteiger partial charge is 0.240 e. The number of aliphatic hydroxyl groups is 1. The highest BCUT2D eigenvalue weighted by Gasteiger charge is 2.33. The maximum atomic E-state index is 12.0. The van der Waals surface area contributed by atoms with E-state index in [2.05, 4.69) is 4.72 Å². The zero-order chi connectivity index (χ0) is 13.9. The van der Waals surface area contributed by atoms with Gasteiger partial charge in [-0.25, -0.2) is 13.1 Å². The van der Waals surface area contributed by atoms with Gasteiger partial charge >= 0.3 is 0 Å². The average Bonchev–Trinajstić information content (AvgIpc) is 2.84. The van der Waals surface area contributed by atoms with Gasteiger partial charge in [-0.15, -0.1) is 0 Å². The van der Waals surface area contributed by atoms with Crippen molar-refractivity contribution in [3.63, 3.8) is 0 Å². The first-order valence-electron chi connectivity index (χ1n) is 5.75. The molecule has 0 spiro atoms. The molecule has 0 radical (unpaired) electrons. The van der Waals surface area contributed by atoms with Crippen molar-refractivity contribution in [1.82, 2.24) is 4.72 Å². The van der Waals surface area contributed by atoms with Crippen molar-refractivity contribution in [1.29, 1.82) is 5.26 Å². The lowest BCUT2D eigenvalue weighted by atomic mass is 10.1. The third-order valence-electron chi connectivity index (χ3n) is 2.97. The molecule has 1 unspecified atom stereocenters. The van der Waals surface area contributed by atoms with Crippen LogP contribution in [0, 0.1) is 11.3 Å². The van der Waals surface area contributed by atoms with Crippen molar-refractivity contribution in [3.8, 4) is 6.07 Å². The molecule has 0 aliphatic carbocycles. The number of benzene rings is 1. The number of hydrogen-bond acceptors (Lipinski definition) is 5. The summed E-state index contributed by atoms with van der Waals surface area (Å²) in [6, 6.07) is 7.50. The van der Waals surface area contributed by atoms with Gasteiger partial charge in [0.15, 0.2) is 0 Å². The molecule has 6 nitrogen and oxygen atoms in total. The summed E-state index contributed by atoms with van der Waals surface area (Å²) in [5, 5.41) is 18.6. The van der Waals surface area contributed by atoms with Crippen LogP contribution in [-0.2, 0) is 14.8 Å². The molecule has 1 aliphatic heterocycles. The van der Waals surface area contributed by atoms with Gasteiger partial charge in [0.2, 0.25) is 10.0 Å². The molecule has 1 aromatic carbocycles. The average molecular weight is 282 g/mol. The van der Waals surface area contributed by atoms with Crippen LogP contribution in [0.2, 0.25) is 0 Å². The first kappa shape index (κ1) is 14.0. The third kappa shape index (κ3) is 3.30. The number of nitrogens with one attached hydrogen (secondary N) is 1. The van der Waals surface area contributed by atoms with Gasteiger partial charge < -0.3 is 9.84 Å². The molecule has 1 fully saturated rings. The zero-order valence-electron chi connectivity index (χ0n) is 10.2. The molecule has 2 rings (SSSR count). The Morgan fingerprint density at radius 3 is 2.63 bits per heavy atom. The van der Waals surface area contributed by atoms with Crippen LogP contribution in [0.3, 0.4) is 0 Å². The van der Waals surface area contributed by atoms with Crippen LogP contribution in [0.4, 0.5) is 0 Å². The van der Waals surface area contributed by atoms with E-state index in [0.29, 0.717) is 18.6 Å². The highest BCUT2D eigenvalue weighted by atomic mass is 32.2. The van der Waals surface area contributed by atoms with Crippen LogP contribution in [0.25, 0.3) is 0 Å². The summed E-state index contributed by atoms with van der Waals surface area (Å²) in [7, 11) is -3.69. The summed E-state index contributed by atoms with van der Waals surface area (Å²) in [6.07, 6.45) is 0.406. The molecule has 1 saturated heterocycles. The molecule has 1 heterocycles. The highest BCUT2D eigenvalue weighted by molar-refractivity contribution is 7.89. The van der Waals surface area contributed by atoms with Gasteiger partial charge in [-0.1, -0.05) is 0 Å². The Bertz CT molecular complexity index is 583. The third-order valence-corrected chi connectivity index (χ3v) is 4.38. The lowest BCUT2D eigenvalue weighted by Gasteiger charge is -2.20. The van der Waals surface area contributed by atoms with Crippen LogP contribution in [0.15, 0.2) is 29.2 Å². The molecule has 0 saturated carbocycles. The van der Waals surface area contributed by atoms with Crippen LogP contribution in [0.1, 0.15) is 12.0 Å². The molecular weight excluding hydrogens is 268 g/mol. The predicted molar refractivity (Wildman–Crippen MR) is 66.7 cm³/mol. The first-order valence-corrected chi connectivity index (χ1v) is 7.23. The summed E-state index contributed by atoms with van der Waals surface area (Å²) in [4.78, 5) is 0.0639. The Morgan fingerprint density at radius 1 is 1.42 bits per heavy atom. The van der Waals surface area contributed by atoms with E-state index in [1.165, 1.54) is 24.3 Å². The number of rotatable bonds is 4. The van der Waals surface area contributed by atoms with Crippen LogP contribution >= 0.6 is 0 Å².